The van der Waals surface area contributed by atoms with Gasteiger partial charge in [-0.3, -0.25) is 9.10 Å². The summed E-state index contributed by atoms with van der Waals surface area (Å²) in [7, 11) is -2.20. The Kier molecular flexibility index (Phi) is 8.79. The first kappa shape index (κ1) is 25.8. The van der Waals surface area contributed by atoms with Gasteiger partial charge in [0.25, 0.3) is 0 Å². The van der Waals surface area contributed by atoms with E-state index in [9.17, 15) is 13.2 Å². The lowest BCUT2D eigenvalue weighted by atomic mass is 9.99. The molecular formula is C25H35N3O5S. The van der Waals surface area contributed by atoms with Gasteiger partial charge in [0, 0.05) is 26.2 Å². The Morgan fingerprint density at radius 1 is 1.12 bits per heavy atom. The Balaban J connectivity index is 1.62. The molecule has 0 unspecified atom stereocenters. The van der Waals surface area contributed by atoms with Crippen LogP contribution >= 0.6 is 0 Å². The number of methoxy groups -OCH3 is 1. The third-order valence-corrected chi connectivity index (χ3v) is 7.78. The van der Waals surface area contributed by atoms with E-state index in [1.807, 2.05) is 38.1 Å². The second-order valence-corrected chi connectivity index (χ2v) is 10.4. The minimum Gasteiger partial charge on any atom is -0.497 e. The van der Waals surface area contributed by atoms with Crippen molar-refractivity contribution in [1.82, 2.24) is 9.62 Å². The van der Waals surface area contributed by atoms with E-state index in [1.54, 1.807) is 38.3 Å². The number of piperidine rings is 1. The van der Waals surface area contributed by atoms with Crippen LogP contribution in [0.3, 0.4) is 0 Å². The molecule has 0 radical (unpaired) electrons. The van der Waals surface area contributed by atoms with Crippen LogP contribution in [0.25, 0.3) is 0 Å². The first-order chi connectivity index (χ1) is 16.2. The van der Waals surface area contributed by atoms with Gasteiger partial charge in [0.1, 0.15) is 11.5 Å². The van der Waals surface area contributed by atoms with E-state index in [-0.39, 0.29) is 24.5 Å². The largest absolute Gasteiger partial charge is 0.497 e. The van der Waals surface area contributed by atoms with Gasteiger partial charge in [-0.05, 0) is 75.6 Å². The molecule has 1 fully saturated rings. The molecule has 2 aromatic rings. The van der Waals surface area contributed by atoms with Crippen molar-refractivity contribution in [3.8, 4) is 11.5 Å². The van der Waals surface area contributed by atoms with Crippen molar-refractivity contribution in [3.05, 3.63) is 54.1 Å². The fourth-order valence-corrected chi connectivity index (χ4v) is 5.75. The minimum absolute atomic E-state index is 0.101. The second kappa shape index (κ2) is 11.6. The number of hydrogen-bond acceptors (Lipinski definition) is 5. The molecule has 34 heavy (non-hydrogen) atoms. The average Bonchev–Trinajstić information content (AvgIpc) is 2.84. The molecule has 8 nitrogen and oxygen atoms in total. The lowest BCUT2D eigenvalue weighted by Crippen LogP contribution is -2.50. The van der Waals surface area contributed by atoms with Gasteiger partial charge < -0.3 is 14.8 Å². The number of rotatable bonds is 10. The molecule has 0 bridgehead atoms. The topological polar surface area (TPSA) is 88.2 Å². The quantitative estimate of drug-likeness (QED) is 0.551. The molecule has 1 N–H and O–H groups in total. The maximum atomic E-state index is 13.4. The van der Waals surface area contributed by atoms with E-state index in [2.05, 4.69) is 5.32 Å². The number of benzene rings is 2. The lowest BCUT2D eigenvalue weighted by molar-refractivity contribution is -0.126. The van der Waals surface area contributed by atoms with Crippen LogP contribution in [-0.2, 0) is 21.5 Å². The maximum absolute atomic E-state index is 13.4. The van der Waals surface area contributed by atoms with E-state index in [0.717, 1.165) is 11.3 Å². The Bertz CT molecular complexity index is 1040. The van der Waals surface area contributed by atoms with E-state index >= 15 is 0 Å². The summed E-state index contributed by atoms with van der Waals surface area (Å²) in [4.78, 5) is 12.9. The second-order valence-electron chi connectivity index (χ2n) is 8.60. The van der Waals surface area contributed by atoms with Crippen molar-refractivity contribution in [2.45, 2.75) is 46.3 Å². The van der Waals surface area contributed by atoms with Crippen molar-refractivity contribution in [3.63, 3.8) is 0 Å². The van der Waals surface area contributed by atoms with Crippen LogP contribution in [0.5, 0.6) is 11.5 Å². The molecule has 0 aliphatic carbocycles. The third-order valence-electron chi connectivity index (χ3n) is 5.77. The van der Waals surface area contributed by atoms with Gasteiger partial charge >= 0.3 is 10.2 Å². The molecule has 1 saturated heterocycles. The molecule has 1 amide bonds. The Labute approximate surface area is 203 Å². The number of carbonyl (C=O) groups is 1. The van der Waals surface area contributed by atoms with E-state index in [4.69, 9.17) is 9.47 Å². The number of carbonyl (C=O) groups excluding carboxylic acids is 1. The Morgan fingerprint density at radius 2 is 1.76 bits per heavy atom. The highest BCUT2D eigenvalue weighted by molar-refractivity contribution is 7.90. The van der Waals surface area contributed by atoms with Crippen molar-refractivity contribution in [2.24, 2.45) is 5.92 Å². The van der Waals surface area contributed by atoms with Gasteiger partial charge in [-0.1, -0.05) is 12.1 Å². The van der Waals surface area contributed by atoms with Crippen molar-refractivity contribution >= 4 is 21.8 Å². The molecular weight excluding hydrogens is 454 g/mol. The monoisotopic (exact) mass is 489 g/mol. The van der Waals surface area contributed by atoms with Crippen molar-refractivity contribution in [2.75, 3.05) is 31.0 Å². The first-order valence-electron chi connectivity index (χ1n) is 11.7. The summed E-state index contributed by atoms with van der Waals surface area (Å²) >= 11 is 0. The predicted octanol–water partition coefficient (Wildman–Crippen LogP) is 3.58. The molecule has 1 aliphatic heterocycles. The molecule has 1 heterocycles. The first-order valence-corrected chi connectivity index (χ1v) is 13.1. The maximum Gasteiger partial charge on any atom is 0.304 e. The molecule has 1 aliphatic rings. The predicted molar refractivity (Wildman–Crippen MR) is 133 cm³/mol. The molecule has 3 rings (SSSR count). The summed E-state index contributed by atoms with van der Waals surface area (Å²) in [6.07, 6.45) is 1.40. The highest BCUT2D eigenvalue weighted by Gasteiger charge is 2.35. The van der Waals surface area contributed by atoms with Gasteiger partial charge in [-0.25, -0.2) is 0 Å². The van der Waals surface area contributed by atoms with Crippen molar-refractivity contribution < 1.29 is 22.7 Å². The molecule has 2 aromatic carbocycles. The van der Waals surface area contributed by atoms with Gasteiger partial charge in [-0.2, -0.15) is 12.7 Å². The minimum atomic E-state index is -3.76. The van der Waals surface area contributed by atoms with Crippen LogP contribution in [0, 0.1) is 5.92 Å². The summed E-state index contributed by atoms with van der Waals surface area (Å²) in [5.41, 5.74) is 1.53. The highest BCUT2D eigenvalue weighted by Crippen LogP contribution is 2.27. The number of nitrogens with one attached hydrogen (secondary N) is 1. The van der Waals surface area contributed by atoms with Crippen LogP contribution in [-0.4, -0.2) is 51.5 Å². The standard InChI is InChI=1S/C25H35N3O5S/c1-5-28(22-10-14-23(32-4)15-11-22)34(30,31)27-16-6-7-21(18-27)25(29)26-17-20-8-12-24(13-9-20)33-19(2)3/h8-15,19,21H,5-7,16-18H2,1-4H3,(H,26,29)/t21-/m1/s1. The van der Waals surface area contributed by atoms with E-state index < -0.39 is 10.2 Å². The fraction of sp³-hybridized carbons (Fsp3) is 0.480. The molecule has 0 spiro atoms. The third kappa shape index (κ3) is 6.42. The molecule has 1 atom stereocenters. The Hall–Kier alpha value is -2.78. The summed E-state index contributed by atoms with van der Waals surface area (Å²) in [6.45, 7) is 6.98. The zero-order chi connectivity index (χ0) is 24.7. The van der Waals surface area contributed by atoms with Gasteiger partial charge in [-0.15, -0.1) is 0 Å². The van der Waals surface area contributed by atoms with Crippen molar-refractivity contribution in [1.29, 1.82) is 0 Å². The molecule has 9 heteroatoms. The van der Waals surface area contributed by atoms with Crippen LogP contribution in [0.2, 0.25) is 0 Å². The smallest absolute Gasteiger partial charge is 0.304 e. The Morgan fingerprint density at radius 3 is 2.35 bits per heavy atom. The number of amides is 1. The van der Waals surface area contributed by atoms with Gasteiger partial charge in [0.15, 0.2) is 0 Å². The lowest BCUT2D eigenvalue weighted by Gasteiger charge is -2.35. The number of ether oxygens (including phenoxy) is 2. The highest BCUT2D eigenvalue weighted by atomic mass is 32.2. The van der Waals surface area contributed by atoms with Crippen LogP contribution in [0.1, 0.15) is 39.2 Å². The average molecular weight is 490 g/mol. The van der Waals surface area contributed by atoms with E-state index in [0.29, 0.717) is 43.9 Å². The number of anilines is 1. The normalized spacial score (nSPS) is 16.8. The number of nitrogens with zero attached hydrogens (tertiary/aromatic N) is 2. The summed E-state index contributed by atoms with van der Waals surface area (Å²) in [5.74, 6) is 0.932. The van der Waals surface area contributed by atoms with Crippen LogP contribution in [0.4, 0.5) is 5.69 Å². The molecule has 0 aromatic heterocycles. The van der Waals surface area contributed by atoms with Crippen LogP contribution < -0.4 is 19.1 Å². The summed E-state index contributed by atoms with van der Waals surface area (Å²) < 4.78 is 40.4. The van der Waals surface area contributed by atoms with E-state index in [1.165, 1.54) is 8.61 Å². The van der Waals surface area contributed by atoms with Crippen LogP contribution in [0.15, 0.2) is 48.5 Å². The summed E-state index contributed by atoms with van der Waals surface area (Å²) in [6, 6.07) is 14.5. The van der Waals surface area contributed by atoms with Gasteiger partial charge in [0.2, 0.25) is 5.91 Å². The SMILES string of the molecule is CCN(c1ccc(OC)cc1)S(=O)(=O)N1CCC[C@@H](C(=O)NCc2ccc(OC(C)C)cc2)C1. The molecule has 0 saturated carbocycles. The zero-order valence-electron chi connectivity index (χ0n) is 20.4. The van der Waals surface area contributed by atoms with Gasteiger partial charge in [0.05, 0.1) is 24.8 Å². The fourth-order valence-electron chi connectivity index (χ4n) is 4.02. The number of hydrogen-bond donors (Lipinski definition) is 1. The summed E-state index contributed by atoms with van der Waals surface area (Å²) in [5, 5.41) is 2.96. The zero-order valence-corrected chi connectivity index (χ0v) is 21.2. The molecule has 186 valence electrons.